The lowest BCUT2D eigenvalue weighted by Gasteiger charge is -2.38. The van der Waals surface area contributed by atoms with Gasteiger partial charge in [-0.25, -0.2) is 0 Å². The zero-order valence-corrected chi connectivity index (χ0v) is 14.3. The van der Waals surface area contributed by atoms with Crippen molar-refractivity contribution in [2.75, 3.05) is 45.0 Å². The van der Waals surface area contributed by atoms with Crippen LogP contribution in [0.15, 0.2) is 29.4 Å². The number of hydrogen-bond acceptors (Lipinski definition) is 5. The Morgan fingerprint density at radius 1 is 1.28 bits per heavy atom. The van der Waals surface area contributed by atoms with Crippen molar-refractivity contribution in [3.63, 3.8) is 0 Å². The molecule has 2 saturated heterocycles. The second kappa shape index (κ2) is 8.01. The Morgan fingerprint density at radius 2 is 1.92 bits per heavy atom. The molecular formula is C17H23FN4O3. The molecule has 0 aliphatic carbocycles. The van der Waals surface area contributed by atoms with Gasteiger partial charge in [0.05, 0.1) is 25.4 Å². The second-order valence-electron chi connectivity index (χ2n) is 6.27. The van der Waals surface area contributed by atoms with Crippen LogP contribution in [0.2, 0.25) is 0 Å². The first-order valence-electron chi connectivity index (χ1n) is 8.47. The molecule has 1 aromatic rings. The Bertz CT molecular complexity index is 605. The zero-order chi connectivity index (χ0) is 17.7. The lowest BCUT2D eigenvalue weighted by Crippen LogP contribution is -2.45. The fourth-order valence-corrected chi connectivity index (χ4v) is 3.52. The molecule has 2 fully saturated rings. The summed E-state index contributed by atoms with van der Waals surface area (Å²) in [6.45, 7) is 2.30. The number of benzene rings is 1. The Morgan fingerprint density at radius 3 is 2.44 bits per heavy atom. The van der Waals surface area contributed by atoms with Crippen LogP contribution >= 0.6 is 0 Å². The van der Waals surface area contributed by atoms with E-state index >= 15 is 0 Å². The van der Waals surface area contributed by atoms with Gasteiger partial charge in [-0.05, 0) is 23.2 Å². The molecule has 2 heterocycles. The highest BCUT2D eigenvalue weighted by Gasteiger charge is 2.39. The number of hydrogen-bond donors (Lipinski definition) is 0. The summed E-state index contributed by atoms with van der Waals surface area (Å²) in [5, 5.41) is 3.49. The third-order valence-electron chi connectivity index (χ3n) is 4.89. The van der Waals surface area contributed by atoms with Crippen LogP contribution in [-0.2, 0) is 14.2 Å². The van der Waals surface area contributed by atoms with Gasteiger partial charge in [-0.15, -0.1) is 0 Å². The molecular weight excluding hydrogens is 327 g/mol. The molecule has 3 rings (SSSR count). The van der Waals surface area contributed by atoms with Gasteiger partial charge in [0.2, 0.25) is 0 Å². The topological polar surface area (TPSA) is 79.7 Å². The smallest absolute Gasteiger partial charge is 0.171 e. The highest BCUT2D eigenvalue weighted by Crippen LogP contribution is 2.34. The van der Waals surface area contributed by atoms with Crippen molar-refractivity contribution in [2.24, 2.45) is 5.11 Å². The number of alkyl halides is 1. The molecule has 2 aliphatic rings. The van der Waals surface area contributed by atoms with Gasteiger partial charge in [0.1, 0.15) is 6.67 Å². The highest BCUT2D eigenvalue weighted by atomic mass is 19.1. The maximum atomic E-state index is 13.1. The molecule has 0 N–H and O–H groups in total. The van der Waals surface area contributed by atoms with Crippen molar-refractivity contribution < 1.29 is 18.6 Å². The van der Waals surface area contributed by atoms with Gasteiger partial charge in [0, 0.05) is 43.6 Å². The van der Waals surface area contributed by atoms with Crippen LogP contribution in [0.4, 0.5) is 10.1 Å². The number of anilines is 1. The summed E-state index contributed by atoms with van der Waals surface area (Å²) in [5.41, 5.74) is 10.4. The summed E-state index contributed by atoms with van der Waals surface area (Å²) in [4.78, 5) is 4.98. The lowest BCUT2D eigenvalue weighted by molar-refractivity contribution is -0.169. The first kappa shape index (κ1) is 17.9. The van der Waals surface area contributed by atoms with E-state index in [0.717, 1.165) is 37.2 Å². The molecule has 0 saturated carbocycles. The summed E-state index contributed by atoms with van der Waals surface area (Å²) in [7, 11) is 1.49. The molecule has 1 spiro atoms. The van der Waals surface area contributed by atoms with Gasteiger partial charge in [0.25, 0.3) is 0 Å². The molecule has 1 aromatic carbocycles. The van der Waals surface area contributed by atoms with E-state index in [1.807, 2.05) is 24.3 Å². The SMILES string of the molecule is CO[C@H](c1ccc(N2CCC3(CC2)OCCO3)cc1)[C@@H](CF)N=[N+]=[N-]. The van der Waals surface area contributed by atoms with Crippen LogP contribution in [0.1, 0.15) is 24.5 Å². The number of halogens is 1. The molecule has 0 radical (unpaired) electrons. The Kier molecular flexibility index (Phi) is 5.75. The van der Waals surface area contributed by atoms with E-state index < -0.39 is 18.8 Å². The van der Waals surface area contributed by atoms with E-state index in [1.54, 1.807) is 0 Å². The van der Waals surface area contributed by atoms with Crippen LogP contribution in [0.5, 0.6) is 0 Å². The van der Waals surface area contributed by atoms with E-state index in [2.05, 4.69) is 14.9 Å². The minimum absolute atomic E-state index is 0.388. The van der Waals surface area contributed by atoms with Crippen molar-refractivity contribution >= 4 is 5.69 Å². The summed E-state index contributed by atoms with van der Waals surface area (Å²) in [6, 6.07) is 6.90. The minimum Gasteiger partial charge on any atom is -0.376 e. The van der Waals surface area contributed by atoms with E-state index in [1.165, 1.54) is 7.11 Å². The molecule has 7 nitrogen and oxygen atoms in total. The Hall–Kier alpha value is -1.86. The van der Waals surface area contributed by atoms with Crippen LogP contribution in [0, 0.1) is 0 Å². The largest absolute Gasteiger partial charge is 0.376 e. The fourth-order valence-electron chi connectivity index (χ4n) is 3.52. The number of methoxy groups -OCH3 is 1. The average molecular weight is 350 g/mol. The van der Waals surface area contributed by atoms with Crippen LogP contribution in [-0.4, -0.2) is 51.9 Å². The van der Waals surface area contributed by atoms with E-state index in [4.69, 9.17) is 19.7 Å². The minimum atomic E-state index is -0.868. The van der Waals surface area contributed by atoms with Crippen molar-refractivity contribution in [2.45, 2.75) is 30.8 Å². The predicted molar refractivity (Wildman–Crippen MR) is 91.2 cm³/mol. The van der Waals surface area contributed by atoms with Gasteiger partial charge in [-0.3, -0.25) is 4.39 Å². The first-order valence-corrected chi connectivity index (χ1v) is 8.47. The molecule has 2 aliphatic heterocycles. The summed E-state index contributed by atoms with van der Waals surface area (Å²) in [5.74, 6) is -0.388. The fraction of sp³-hybridized carbons (Fsp3) is 0.647. The molecule has 0 aromatic heterocycles. The number of piperidine rings is 1. The Balaban J connectivity index is 1.66. The van der Waals surface area contributed by atoms with E-state index in [9.17, 15) is 4.39 Å². The van der Waals surface area contributed by atoms with Gasteiger partial charge in [-0.1, -0.05) is 17.2 Å². The molecule has 8 heteroatoms. The van der Waals surface area contributed by atoms with Gasteiger partial charge >= 0.3 is 0 Å². The molecule has 0 bridgehead atoms. The van der Waals surface area contributed by atoms with Crippen molar-refractivity contribution in [3.05, 3.63) is 40.3 Å². The van der Waals surface area contributed by atoms with Crippen molar-refractivity contribution in [3.8, 4) is 0 Å². The molecule has 136 valence electrons. The highest BCUT2D eigenvalue weighted by molar-refractivity contribution is 5.48. The maximum Gasteiger partial charge on any atom is 0.171 e. The number of azide groups is 1. The lowest BCUT2D eigenvalue weighted by atomic mass is 10.0. The molecule has 2 atom stereocenters. The molecule has 25 heavy (non-hydrogen) atoms. The third kappa shape index (κ3) is 3.88. The predicted octanol–water partition coefficient (Wildman–Crippen LogP) is 3.37. The summed E-state index contributed by atoms with van der Waals surface area (Å²) in [6.07, 6.45) is 1.09. The molecule has 0 amide bonds. The number of ether oxygens (including phenoxy) is 3. The molecule has 0 unspecified atom stereocenters. The summed E-state index contributed by atoms with van der Waals surface area (Å²) < 4.78 is 29.9. The normalized spacial score (nSPS) is 21.8. The monoisotopic (exact) mass is 350 g/mol. The van der Waals surface area contributed by atoms with E-state index in [0.29, 0.717) is 13.2 Å². The van der Waals surface area contributed by atoms with Crippen LogP contribution in [0.25, 0.3) is 10.4 Å². The van der Waals surface area contributed by atoms with Crippen molar-refractivity contribution in [1.29, 1.82) is 0 Å². The van der Waals surface area contributed by atoms with Crippen molar-refractivity contribution in [1.82, 2.24) is 0 Å². The average Bonchev–Trinajstić information content (AvgIpc) is 3.11. The Labute approximate surface area is 146 Å². The van der Waals surface area contributed by atoms with Crippen LogP contribution < -0.4 is 4.90 Å². The van der Waals surface area contributed by atoms with E-state index in [-0.39, 0.29) is 5.79 Å². The maximum absolute atomic E-state index is 13.1. The second-order valence-corrected chi connectivity index (χ2v) is 6.27. The number of nitrogens with zero attached hydrogens (tertiary/aromatic N) is 4. The van der Waals surface area contributed by atoms with Gasteiger partial charge in [-0.2, -0.15) is 0 Å². The summed E-state index contributed by atoms with van der Waals surface area (Å²) >= 11 is 0. The third-order valence-corrected chi connectivity index (χ3v) is 4.89. The first-order chi connectivity index (χ1) is 12.2. The van der Waals surface area contributed by atoms with Crippen LogP contribution in [0.3, 0.4) is 0 Å². The number of rotatable bonds is 6. The van der Waals surface area contributed by atoms with Gasteiger partial charge in [0.15, 0.2) is 5.79 Å². The zero-order valence-electron chi connectivity index (χ0n) is 14.3. The quantitative estimate of drug-likeness (QED) is 0.448. The van der Waals surface area contributed by atoms with Gasteiger partial charge < -0.3 is 19.1 Å². The standard InChI is InChI=1S/C17H23FN4O3/c1-23-16(15(12-18)20-21-19)13-2-4-14(5-3-13)22-8-6-17(7-9-22)24-10-11-25-17/h2-5,15-16H,6-12H2,1H3/t15-,16-/m1/s1.